The standard InChI is InChI=1S/C14H20N2/c1-3-11(4-2)10-16-13-5-6-14-12(9-13)7-8-15-14/h5-9,11,15-16H,3-4,10H2,1-2H3. The molecule has 0 amide bonds. The Labute approximate surface area is 97.1 Å². The molecular weight excluding hydrogens is 196 g/mol. The Morgan fingerprint density at radius 1 is 1.19 bits per heavy atom. The van der Waals surface area contributed by atoms with Gasteiger partial charge in [-0.3, -0.25) is 0 Å². The van der Waals surface area contributed by atoms with Crippen molar-refractivity contribution in [3.63, 3.8) is 0 Å². The van der Waals surface area contributed by atoms with Gasteiger partial charge in [-0.2, -0.15) is 0 Å². The summed E-state index contributed by atoms with van der Waals surface area (Å²) in [7, 11) is 0. The fourth-order valence-electron chi connectivity index (χ4n) is 2.00. The minimum absolute atomic E-state index is 0.780. The Hall–Kier alpha value is -1.44. The highest BCUT2D eigenvalue weighted by atomic mass is 14.9. The Bertz CT molecular complexity index is 441. The number of aromatic nitrogens is 1. The van der Waals surface area contributed by atoms with Crippen LogP contribution in [0.1, 0.15) is 26.7 Å². The number of H-pyrrole nitrogens is 1. The Morgan fingerprint density at radius 3 is 2.75 bits per heavy atom. The van der Waals surface area contributed by atoms with Crippen LogP contribution in [-0.2, 0) is 0 Å². The number of hydrogen-bond donors (Lipinski definition) is 2. The summed E-state index contributed by atoms with van der Waals surface area (Å²) in [5.74, 6) is 0.780. The number of rotatable bonds is 5. The summed E-state index contributed by atoms with van der Waals surface area (Å²) in [4.78, 5) is 3.21. The van der Waals surface area contributed by atoms with Crippen molar-refractivity contribution in [2.75, 3.05) is 11.9 Å². The average Bonchev–Trinajstić information content (AvgIpc) is 2.77. The van der Waals surface area contributed by atoms with Crippen molar-refractivity contribution < 1.29 is 0 Å². The molecule has 0 saturated heterocycles. The number of anilines is 1. The molecule has 0 radical (unpaired) electrons. The first-order valence-electron chi connectivity index (χ1n) is 6.14. The van der Waals surface area contributed by atoms with Gasteiger partial charge in [0.25, 0.3) is 0 Å². The molecule has 2 nitrogen and oxygen atoms in total. The summed E-state index contributed by atoms with van der Waals surface area (Å²) in [6, 6.07) is 8.58. The van der Waals surface area contributed by atoms with Crippen molar-refractivity contribution >= 4 is 16.6 Å². The first kappa shape index (κ1) is 11.1. The lowest BCUT2D eigenvalue weighted by Gasteiger charge is -2.14. The van der Waals surface area contributed by atoms with E-state index in [0.29, 0.717) is 0 Å². The molecule has 0 unspecified atom stereocenters. The topological polar surface area (TPSA) is 27.8 Å². The lowest BCUT2D eigenvalue weighted by molar-refractivity contribution is 0.519. The molecule has 16 heavy (non-hydrogen) atoms. The Balaban J connectivity index is 2.03. The van der Waals surface area contributed by atoms with E-state index in [4.69, 9.17) is 0 Å². The van der Waals surface area contributed by atoms with Crippen LogP contribution in [0.5, 0.6) is 0 Å². The predicted molar refractivity (Wildman–Crippen MR) is 70.9 cm³/mol. The van der Waals surface area contributed by atoms with Gasteiger partial charge in [-0.15, -0.1) is 0 Å². The maximum atomic E-state index is 3.51. The zero-order valence-electron chi connectivity index (χ0n) is 10.1. The van der Waals surface area contributed by atoms with E-state index in [0.717, 1.165) is 12.5 Å². The van der Waals surface area contributed by atoms with Crippen LogP contribution in [0, 0.1) is 5.92 Å². The van der Waals surface area contributed by atoms with Gasteiger partial charge in [0.1, 0.15) is 0 Å². The molecule has 1 heterocycles. The molecule has 0 bridgehead atoms. The molecule has 86 valence electrons. The zero-order chi connectivity index (χ0) is 11.4. The number of nitrogens with one attached hydrogen (secondary N) is 2. The largest absolute Gasteiger partial charge is 0.385 e. The molecule has 1 aromatic carbocycles. The van der Waals surface area contributed by atoms with Gasteiger partial charge in [-0.1, -0.05) is 26.7 Å². The van der Waals surface area contributed by atoms with Gasteiger partial charge in [0.05, 0.1) is 0 Å². The second kappa shape index (κ2) is 5.06. The van der Waals surface area contributed by atoms with E-state index in [1.807, 2.05) is 6.20 Å². The normalized spacial score (nSPS) is 11.2. The molecule has 0 aliphatic carbocycles. The molecule has 2 rings (SSSR count). The molecule has 2 heteroatoms. The number of benzene rings is 1. The average molecular weight is 216 g/mol. The van der Waals surface area contributed by atoms with Crippen LogP contribution in [0.25, 0.3) is 10.9 Å². The van der Waals surface area contributed by atoms with Gasteiger partial charge in [-0.05, 0) is 30.2 Å². The van der Waals surface area contributed by atoms with Crippen molar-refractivity contribution in [1.29, 1.82) is 0 Å². The Kier molecular flexibility index (Phi) is 3.50. The van der Waals surface area contributed by atoms with Crippen LogP contribution in [0.4, 0.5) is 5.69 Å². The van der Waals surface area contributed by atoms with Crippen LogP contribution in [0.3, 0.4) is 0 Å². The molecule has 0 atom stereocenters. The summed E-state index contributed by atoms with van der Waals surface area (Å²) in [5, 5.41) is 4.79. The SMILES string of the molecule is CCC(CC)CNc1ccc2[nH]ccc2c1. The third-order valence-corrected chi connectivity index (χ3v) is 3.30. The molecule has 0 fully saturated rings. The number of hydrogen-bond acceptors (Lipinski definition) is 1. The summed E-state index contributed by atoms with van der Waals surface area (Å²) in [5.41, 5.74) is 2.42. The number of aromatic amines is 1. The van der Waals surface area contributed by atoms with Gasteiger partial charge in [-0.25, -0.2) is 0 Å². The van der Waals surface area contributed by atoms with Crippen molar-refractivity contribution in [1.82, 2.24) is 4.98 Å². The maximum Gasteiger partial charge on any atom is 0.0455 e. The minimum atomic E-state index is 0.780. The first-order chi connectivity index (χ1) is 7.83. The quantitative estimate of drug-likeness (QED) is 0.776. The lowest BCUT2D eigenvalue weighted by Crippen LogP contribution is -2.12. The van der Waals surface area contributed by atoms with E-state index in [1.54, 1.807) is 0 Å². The fraction of sp³-hybridized carbons (Fsp3) is 0.429. The van der Waals surface area contributed by atoms with Crippen LogP contribution in [-0.4, -0.2) is 11.5 Å². The van der Waals surface area contributed by atoms with E-state index >= 15 is 0 Å². The van der Waals surface area contributed by atoms with E-state index in [9.17, 15) is 0 Å². The van der Waals surface area contributed by atoms with E-state index in [1.165, 1.54) is 29.4 Å². The molecule has 1 aromatic heterocycles. The highest BCUT2D eigenvalue weighted by Gasteiger charge is 2.03. The molecule has 2 aromatic rings. The fourth-order valence-corrected chi connectivity index (χ4v) is 2.00. The monoisotopic (exact) mass is 216 g/mol. The molecule has 0 aliphatic heterocycles. The van der Waals surface area contributed by atoms with E-state index in [-0.39, 0.29) is 0 Å². The summed E-state index contributed by atoms with van der Waals surface area (Å²) < 4.78 is 0. The highest BCUT2D eigenvalue weighted by molar-refractivity contribution is 5.82. The predicted octanol–water partition coefficient (Wildman–Crippen LogP) is 4.02. The second-order valence-corrected chi connectivity index (χ2v) is 4.34. The third kappa shape index (κ3) is 2.38. The zero-order valence-corrected chi connectivity index (χ0v) is 10.1. The second-order valence-electron chi connectivity index (χ2n) is 4.34. The van der Waals surface area contributed by atoms with E-state index < -0.39 is 0 Å². The van der Waals surface area contributed by atoms with Crippen LogP contribution < -0.4 is 5.32 Å². The molecule has 0 spiro atoms. The minimum Gasteiger partial charge on any atom is -0.385 e. The van der Waals surface area contributed by atoms with Gasteiger partial charge >= 0.3 is 0 Å². The smallest absolute Gasteiger partial charge is 0.0455 e. The van der Waals surface area contributed by atoms with Crippen molar-refractivity contribution in [3.05, 3.63) is 30.5 Å². The number of fused-ring (bicyclic) bond motifs is 1. The van der Waals surface area contributed by atoms with Gasteiger partial charge in [0.2, 0.25) is 0 Å². The van der Waals surface area contributed by atoms with Crippen molar-refractivity contribution in [2.45, 2.75) is 26.7 Å². The molecule has 0 saturated carbocycles. The maximum absolute atomic E-state index is 3.51. The van der Waals surface area contributed by atoms with Crippen LogP contribution in [0.2, 0.25) is 0 Å². The van der Waals surface area contributed by atoms with Crippen LogP contribution >= 0.6 is 0 Å². The molecule has 0 aliphatic rings. The van der Waals surface area contributed by atoms with Gasteiger partial charge in [0.15, 0.2) is 0 Å². The summed E-state index contributed by atoms with van der Waals surface area (Å²) in [6.07, 6.45) is 4.47. The van der Waals surface area contributed by atoms with Gasteiger partial charge < -0.3 is 10.3 Å². The third-order valence-electron chi connectivity index (χ3n) is 3.30. The summed E-state index contributed by atoms with van der Waals surface area (Å²) >= 11 is 0. The van der Waals surface area contributed by atoms with Gasteiger partial charge in [0, 0.05) is 29.3 Å². The van der Waals surface area contributed by atoms with Crippen molar-refractivity contribution in [3.8, 4) is 0 Å². The van der Waals surface area contributed by atoms with Crippen molar-refractivity contribution in [2.24, 2.45) is 5.92 Å². The Morgan fingerprint density at radius 2 is 2.00 bits per heavy atom. The first-order valence-corrected chi connectivity index (χ1v) is 6.14. The van der Waals surface area contributed by atoms with E-state index in [2.05, 4.69) is 48.4 Å². The van der Waals surface area contributed by atoms with Crippen LogP contribution in [0.15, 0.2) is 30.5 Å². The molecular formula is C14H20N2. The highest BCUT2D eigenvalue weighted by Crippen LogP contribution is 2.18. The lowest BCUT2D eigenvalue weighted by atomic mass is 10.0. The summed E-state index contributed by atoms with van der Waals surface area (Å²) in [6.45, 7) is 5.58. The molecule has 2 N–H and O–H groups in total.